The standard InChI is InChI=1S/C13H18O2S/c1-15-13(10-5-3-2-4-6-10)12(14)11-7-8-16-9-11/h7-10,13H,2-6H2,1H3. The smallest absolute Gasteiger partial charge is 0.192 e. The van der Waals surface area contributed by atoms with Gasteiger partial charge in [0.1, 0.15) is 6.10 Å². The van der Waals surface area contributed by atoms with Crippen LogP contribution in [0.5, 0.6) is 0 Å². The molecule has 0 N–H and O–H groups in total. The van der Waals surface area contributed by atoms with Crippen LogP contribution in [0.4, 0.5) is 0 Å². The summed E-state index contributed by atoms with van der Waals surface area (Å²) in [4.78, 5) is 12.2. The topological polar surface area (TPSA) is 26.3 Å². The van der Waals surface area contributed by atoms with Crippen LogP contribution in [0, 0.1) is 5.92 Å². The summed E-state index contributed by atoms with van der Waals surface area (Å²) in [5, 5.41) is 3.86. The first-order valence-electron chi connectivity index (χ1n) is 5.92. The second-order valence-corrected chi connectivity index (χ2v) is 5.21. The van der Waals surface area contributed by atoms with E-state index >= 15 is 0 Å². The van der Waals surface area contributed by atoms with E-state index in [4.69, 9.17) is 4.74 Å². The van der Waals surface area contributed by atoms with E-state index in [2.05, 4.69) is 0 Å². The van der Waals surface area contributed by atoms with Crippen LogP contribution in [-0.4, -0.2) is 19.0 Å². The van der Waals surface area contributed by atoms with Crippen LogP contribution >= 0.6 is 11.3 Å². The maximum atomic E-state index is 12.2. The van der Waals surface area contributed by atoms with Gasteiger partial charge in [0.05, 0.1) is 0 Å². The molecule has 1 aliphatic carbocycles. The molecule has 0 amide bonds. The third-order valence-corrected chi connectivity index (χ3v) is 4.08. The Balaban J connectivity index is 2.06. The van der Waals surface area contributed by atoms with Crippen molar-refractivity contribution >= 4 is 17.1 Å². The first-order chi connectivity index (χ1) is 7.83. The van der Waals surface area contributed by atoms with Gasteiger partial charge in [0, 0.05) is 18.1 Å². The second kappa shape index (κ2) is 5.60. The van der Waals surface area contributed by atoms with Crippen molar-refractivity contribution in [3.63, 3.8) is 0 Å². The quantitative estimate of drug-likeness (QED) is 0.750. The third kappa shape index (κ3) is 2.53. The predicted octanol–water partition coefficient (Wildman–Crippen LogP) is 3.53. The number of thiophene rings is 1. The second-order valence-electron chi connectivity index (χ2n) is 4.43. The summed E-state index contributed by atoms with van der Waals surface area (Å²) >= 11 is 1.57. The Labute approximate surface area is 101 Å². The van der Waals surface area contributed by atoms with Crippen LogP contribution in [0.25, 0.3) is 0 Å². The number of carbonyl (C=O) groups is 1. The molecule has 1 saturated carbocycles. The molecule has 2 rings (SSSR count). The van der Waals surface area contributed by atoms with Crippen LogP contribution in [0.15, 0.2) is 16.8 Å². The predicted molar refractivity (Wildman–Crippen MR) is 66.0 cm³/mol. The van der Waals surface area contributed by atoms with E-state index in [9.17, 15) is 4.79 Å². The van der Waals surface area contributed by atoms with E-state index in [-0.39, 0.29) is 11.9 Å². The van der Waals surface area contributed by atoms with Gasteiger partial charge < -0.3 is 4.74 Å². The lowest BCUT2D eigenvalue weighted by molar-refractivity contribution is 0.0315. The van der Waals surface area contributed by atoms with Crippen LogP contribution in [-0.2, 0) is 4.74 Å². The minimum Gasteiger partial charge on any atom is -0.373 e. The normalized spacial score (nSPS) is 19.6. The highest BCUT2D eigenvalue weighted by molar-refractivity contribution is 7.08. The lowest BCUT2D eigenvalue weighted by Crippen LogP contribution is -2.32. The van der Waals surface area contributed by atoms with Crippen LogP contribution < -0.4 is 0 Å². The van der Waals surface area contributed by atoms with Gasteiger partial charge in [0.25, 0.3) is 0 Å². The fourth-order valence-electron chi connectivity index (χ4n) is 2.52. The fraction of sp³-hybridized carbons (Fsp3) is 0.615. The van der Waals surface area contributed by atoms with Gasteiger partial charge in [-0.05, 0) is 30.2 Å². The molecule has 16 heavy (non-hydrogen) atoms. The molecular weight excluding hydrogens is 220 g/mol. The Morgan fingerprint density at radius 1 is 1.44 bits per heavy atom. The molecule has 1 atom stereocenters. The lowest BCUT2D eigenvalue weighted by atomic mass is 9.83. The third-order valence-electron chi connectivity index (χ3n) is 3.40. The molecule has 0 aromatic carbocycles. The highest BCUT2D eigenvalue weighted by atomic mass is 32.1. The van der Waals surface area contributed by atoms with Crippen molar-refractivity contribution in [1.29, 1.82) is 0 Å². The average Bonchev–Trinajstić information content (AvgIpc) is 2.85. The molecule has 0 saturated heterocycles. The molecule has 2 nitrogen and oxygen atoms in total. The van der Waals surface area contributed by atoms with Gasteiger partial charge in [0.2, 0.25) is 0 Å². The maximum Gasteiger partial charge on any atom is 0.192 e. The van der Waals surface area contributed by atoms with Gasteiger partial charge in [-0.3, -0.25) is 4.79 Å². The van der Waals surface area contributed by atoms with Crippen molar-refractivity contribution in [2.24, 2.45) is 5.92 Å². The van der Waals surface area contributed by atoms with Gasteiger partial charge in [0.15, 0.2) is 5.78 Å². The first kappa shape index (κ1) is 11.8. The highest BCUT2D eigenvalue weighted by Crippen LogP contribution is 2.29. The zero-order chi connectivity index (χ0) is 11.4. The summed E-state index contributed by atoms with van der Waals surface area (Å²) in [5.41, 5.74) is 0.808. The van der Waals surface area contributed by atoms with E-state index in [1.54, 1.807) is 18.4 Å². The molecule has 1 fully saturated rings. The SMILES string of the molecule is COC(C(=O)c1ccsc1)C1CCCCC1. The van der Waals surface area contributed by atoms with Crippen LogP contribution in [0.2, 0.25) is 0 Å². The van der Waals surface area contributed by atoms with Crippen molar-refractivity contribution in [3.8, 4) is 0 Å². The molecule has 1 aliphatic rings. The summed E-state index contributed by atoms with van der Waals surface area (Å²) in [5.74, 6) is 0.585. The summed E-state index contributed by atoms with van der Waals surface area (Å²) in [6.45, 7) is 0. The summed E-state index contributed by atoms with van der Waals surface area (Å²) in [6, 6.07) is 1.89. The molecule has 1 heterocycles. The number of methoxy groups -OCH3 is 1. The van der Waals surface area contributed by atoms with Crippen molar-refractivity contribution in [2.75, 3.05) is 7.11 Å². The number of carbonyl (C=O) groups excluding carboxylic acids is 1. The number of rotatable bonds is 4. The zero-order valence-electron chi connectivity index (χ0n) is 9.65. The van der Waals surface area contributed by atoms with Gasteiger partial charge in [-0.15, -0.1) is 0 Å². The van der Waals surface area contributed by atoms with Crippen molar-refractivity contribution < 1.29 is 9.53 Å². The van der Waals surface area contributed by atoms with E-state index in [1.165, 1.54) is 19.3 Å². The lowest BCUT2D eigenvalue weighted by Gasteiger charge is -2.27. The Morgan fingerprint density at radius 2 is 2.19 bits per heavy atom. The van der Waals surface area contributed by atoms with Gasteiger partial charge >= 0.3 is 0 Å². The number of ether oxygens (including phenoxy) is 1. The Morgan fingerprint density at radius 3 is 2.75 bits per heavy atom. The minimum absolute atomic E-state index is 0.163. The Hall–Kier alpha value is -0.670. The van der Waals surface area contributed by atoms with Gasteiger partial charge in [-0.1, -0.05) is 19.3 Å². The van der Waals surface area contributed by atoms with E-state index in [1.807, 2.05) is 16.8 Å². The molecule has 88 valence electrons. The molecule has 0 spiro atoms. The molecule has 0 radical (unpaired) electrons. The monoisotopic (exact) mass is 238 g/mol. The molecule has 1 unspecified atom stereocenters. The van der Waals surface area contributed by atoms with E-state index in [0.717, 1.165) is 18.4 Å². The molecular formula is C13H18O2S. The number of hydrogen-bond donors (Lipinski definition) is 0. The van der Waals surface area contributed by atoms with Crippen LogP contribution in [0.1, 0.15) is 42.5 Å². The van der Waals surface area contributed by atoms with Crippen molar-refractivity contribution in [1.82, 2.24) is 0 Å². The summed E-state index contributed by atoms with van der Waals surface area (Å²) < 4.78 is 5.43. The first-order valence-corrected chi connectivity index (χ1v) is 6.86. The fourth-order valence-corrected chi connectivity index (χ4v) is 3.16. The molecule has 0 aliphatic heterocycles. The maximum absolute atomic E-state index is 12.2. The zero-order valence-corrected chi connectivity index (χ0v) is 10.5. The van der Waals surface area contributed by atoms with Gasteiger partial charge in [-0.2, -0.15) is 11.3 Å². The van der Waals surface area contributed by atoms with E-state index in [0.29, 0.717) is 5.92 Å². The average molecular weight is 238 g/mol. The molecule has 3 heteroatoms. The number of ketones is 1. The Kier molecular flexibility index (Phi) is 4.13. The Bertz CT molecular complexity index is 326. The van der Waals surface area contributed by atoms with E-state index < -0.39 is 0 Å². The largest absolute Gasteiger partial charge is 0.373 e. The van der Waals surface area contributed by atoms with Gasteiger partial charge in [-0.25, -0.2) is 0 Å². The van der Waals surface area contributed by atoms with Crippen molar-refractivity contribution in [3.05, 3.63) is 22.4 Å². The highest BCUT2D eigenvalue weighted by Gasteiger charge is 2.30. The molecule has 0 bridgehead atoms. The van der Waals surface area contributed by atoms with Crippen molar-refractivity contribution in [2.45, 2.75) is 38.2 Å². The molecule has 1 aromatic rings. The summed E-state index contributed by atoms with van der Waals surface area (Å²) in [7, 11) is 1.66. The minimum atomic E-state index is -0.227. The number of Topliss-reactive ketones (excluding diaryl/α,β-unsaturated/α-hetero) is 1. The molecule has 1 aromatic heterocycles. The van der Waals surface area contributed by atoms with Crippen LogP contribution in [0.3, 0.4) is 0 Å². The summed E-state index contributed by atoms with van der Waals surface area (Å²) in [6.07, 6.45) is 5.82. The number of hydrogen-bond acceptors (Lipinski definition) is 3.